The third kappa shape index (κ3) is 2.49. The molecule has 2 aromatic rings. The Morgan fingerprint density at radius 1 is 1.11 bits per heavy atom. The lowest BCUT2D eigenvalue weighted by molar-refractivity contribution is -0.171. The van der Waals surface area contributed by atoms with Crippen LogP contribution in [-0.4, -0.2) is 56.9 Å². The van der Waals surface area contributed by atoms with Gasteiger partial charge in [-0.3, -0.25) is 14.5 Å². The quantitative estimate of drug-likeness (QED) is 0.635. The molecule has 3 atom stereocenters. The maximum atomic E-state index is 12.7. The molecule has 4 fully saturated rings. The van der Waals surface area contributed by atoms with Crippen LogP contribution in [-0.2, 0) is 14.3 Å². The lowest BCUT2D eigenvalue weighted by Gasteiger charge is -2.56. The first-order valence-electron chi connectivity index (χ1n) is 9.34. The number of ketones is 1. The molecule has 4 saturated heterocycles. The minimum absolute atomic E-state index is 0.0120. The summed E-state index contributed by atoms with van der Waals surface area (Å²) in [6.07, 6.45) is 3.92. The second kappa shape index (κ2) is 5.92. The summed E-state index contributed by atoms with van der Waals surface area (Å²) < 4.78 is 5.79. The number of carbonyl (C=O) groups is 3. The summed E-state index contributed by atoms with van der Waals surface area (Å²) in [6, 6.07) is 6.52. The van der Waals surface area contributed by atoms with Crippen LogP contribution in [0.15, 0.2) is 30.5 Å². The van der Waals surface area contributed by atoms with Gasteiger partial charge >= 0.3 is 11.9 Å². The van der Waals surface area contributed by atoms with Crippen LogP contribution in [0.2, 0.25) is 0 Å². The van der Waals surface area contributed by atoms with Crippen molar-refractivity contribution in [3.05, 3.63) is 36.0 Å². The van der Waals surface area contributed by atoms with E-state index in [0.29, 0.717) is 31.2 Å². The van der Waals surface area contributed by atoms with E-state index in [2.05, 4.69) is 4.98 Å². The average molecular weight is 368 g/mol. The lowest BCUT2D eigenvalue weighted by atomic mass is 9.69. The Hall–Kier alpha value is -2.67. The predicted molar refractivity (Wildman–Crippen MR) is 95.3 cm³/mol. The van der Waals surface area contributed by atoms with Crippen molar-refractivity contribution in [3.63, 3.8) is 0 Å². The number of hydrogen-bond acceptors (Lipinski definition) is 5. The molecule has 5 heterocycles. The van der Waals surface area contributed by atoms with Crippen LogP contribution in [0.25, 0.3) is 10.9 Å². The van der Waals surface area contributed by atoms with E-state index in [1.165, 1.54) is 0 Å². The van der Waals surface area contributed by atoms with Crippen molar-refractivity contribution in [1.29, 1.82) is 0 Å². The average Bonchev–Trinajstić information content (AvgIpc) is 3.05. The monoisotopic (exact) mass is 368 g/mol. The minimum atomic E-state index is -1.06. The molecule has 1 aromatic carbocycles. The zero-order valence-electron chi connectivity index (χ0n) is 14.6. The second-order valence-electron chi connectivity index (χ2n) is 7.81. The van der Waals surface area contributed by atoms with Gasteiger partial charge in [0.25, 0.3) is 0 Å². The minimum Gasteiger partial charge on any atom is -0.480 e. The van der Waals surface area contributed by atoms with Crippen LogP contribution in [0.3, 0.4) is 0 Å². The molecule has 7 heteroatoms. The van der Waals surface area contributed by atoms with E-state index < -0.39 is 12.0 Å². The van der Waals surface area contributed by atoms with Gasteiger partial charge in [0.05, 0.1) is 5.56 Å². The van der Waals surface area contributed by atoms with Crippen LogP contribution in [0, 0.1) is 5.92 Å². The van der Waals surface area contributed by atoms with Gasteiger partial charge in [-0.15, -0.1) is 0 Å². The van der Waals surface area contributed by atoms with Crippen LogP contribution in [0.1, 0.15) is 36.0 Å². The molecule has 4 aliphatic rings. The third-order valence-corrected chi connectivity index (χ3v) is 6.31. The molecule has 0 aliphatic carbocycles. The number of H-pyrrole nitrogens is 1. The van der Waals surface area contributed by atoms with Crippen molar-refractivity contribution in [3.8, 4) is 0 Å². The zero-order valence-corrected chi connectivity index (χ0v) is 14.6. The van der Waals surface area contributed by atoms with Gasteiger partial charge < -0.3 is 14.8 Å². The van der Waals surface area contributed by atoms with Crippen molar-refractivity contribution in [2.24, 2.45) is 5.92 Å². The van der Waals surface area contributed by atoms with Crippen molar-refractivity contribution in [1.82, 2.24) is 9.88 Å². The van der Waals surface area contributed by atoms with Gasteiger partial charge in [0.1, 0.15) is 6.10 Å². The van der Waals surface area contributed by atoms with Gasteiger partial charge in [0.2, 0.25) is 0 Å². The van der Waals surface area contributed by atoms with Crippen LogP contribution in [0.4, 0.5) is 0 Å². The molecular weight excluding hydrogens is 348 g/mol. The standard InChI is InChI=1S/C20H20N2O5/c23-18-10-5-11-7-13(8-12(6-10)22(11)17(18)19(24)25)27-20(26)15-9-21-16-4-2-1-3-14(15)16/h1-4,9-13,17,21H,5-8H2,(H,24,25). The number of nitrogens with one attached hydrogen (secondary N) is 1. The maximum absolute atomic E-state index is 12.7. The Morgan fingerprint density at radius 2 is 1.81 bits per heavy atom. The first-order chi connectivity index (χ1) is 13.0. The summed E-state index contributed by atoms with van der Waals surface area (Å²) in [5.74, 6) is -1.75. The van der Waals surface area contributed by atoms with Gasteiger partial charge in [-0.05, 0) is 18.9 Å². The highest BCUT2D eigenvalue weighted by Gasteiger charge is 2.56. The Kier molecular flexibility index (Phi) is 3.62. The number of aliphatic carboxylic acids is 1. The molecular formula is C20H20N2O5. The zero-order chi connectivity index (χ0) is 18.7. The van der Waals surface area contributed by atoms with Gasteiger partial charge in [-0.2, -0.15) is 0 Å². The highest BCUT2D eigenvalue weighted by atomic mass is 16.5. The van der Waals surface area contributed by atoms with E-state index in [-0.39, 0.29) is 35.9 Å². The molecule has 6 rings (SSSR count). The van der Waals surface area contributed by atoms with Gasteiger partial charge in [-0.25, -0.2) is 4.79 Å². The first-order valence-corrected chi connectivity index (χ1v) is 9.34. The van der Waals surface area contributed by atoms with E-state index >= 15 is 0 Å². The number of carboxylic acid groups (broad SMARTS) is 1. The highest BCUT2D eigenvalue weighted by Crippen LogP contribution is 2.45. The van der Waals surface area contributed by atoms with Gasteiger partial charge in [0, 0.05) is 47.9 Å². The highest BCUT2D eigenvalue weighted by molar-refractivity contribution is 6.05. The van der Waals surface area contributed by atoms with Crippen LogP contribution in [0.5, 0.6) is 0 Å². The van der Waals surface area contributed by atoms with E-state index in [0.717, 1.165) is 10.9 Å². The molecule has 1 aromatic heterocycles. The van der Waals surface area contributed by atoms with E-state index in [9.17, 15) is 19.5 Å². The van der Waals surface area contributed by atoms with E-state index in [4.69, 9.17) is 4.74 Å². The molecule has 2 N–H and O–H groups in total. The predicted octanol–water partition coefficient (Wildman–Crippen LogP) is 1.97. The Bertz CT molecular complexity index is 935. The number of nitrogens with zero attached hydrogens (tertiary/aromatic N) is 1. The lowest BCUT2D eigenvalue weighted by Crippen LogP contribution is -2.69. The van der Waals surface area contributed by atoms with Crippen molar-refractivity contribution >= 4 is 28.6 Å². The normalized spacial score (nSPS) is 34.6. The fraction of sp³-hybridized carbons (Fsp3) is 0.450. The van der Waals surface area contributed by atoms with E-state index in [1.807, 2.05) is 29.2 Å². The molecule has 4 bridgehead atoms. The molecule has 140 valence electrons. The van der Waals surface area contributed by atoms with Crippen molar-refractivity contribution < 1.29 is 24.2 Å². The Balaban J connectivity index is 1.34. The topological polar surface area (TPSA) is 99.7 Å². The third-order valence-electron chi connectivity index (χ3n) is 6.31. The van der Waals surface area contributed by atoms with Crippen molar-refractivity contribution in [2.45, 2.75) is 49.9 Å². The molecule has 7 nitrogen and oxygen atoms in total. The molecule has 4 aliphatic heterocycles. The summed E-state index contributed by atoms with van der Waals surface area (Å²) in [5, 5.41) is 10.3. The smallest absolute Gasteiger partial charge is 0.340 e. The number of hydrogen-bond donors (Lipinski definition) is 2. The summed E-state index contributed by atoms with van der Waals surface area (Å²) in [4.78, 5) is 41.5. The number of carboxylic acids is 1. The van der Waals surface area contributed by atoms with Crippen molar-refractivity contribution in [2.75, 3.05) is 0 Å². The molecule has 0 amide bonds. The van der Waals surface area contributed by atoms with Gasteiger partial charge in [0.15, 0.2) is 11.8 Å². The molecule has 3 unspecified atom stereocenters. The number of rotatable bonds is 3. The maximum Gasteiger partial charge on any atom is 0.340 e. The number of esters is 1. The number of fused-ring (bicyclic) bond motifs is 2. The second-order valence-corrected chi connectivity index (χ2v) is 7.81. The summed E-state index contributed by atoms with van der Waals surface area (Å²) in [6.45, 7) is 0. The summed E-state index contributed by atoms with van der Waals surface area (Å²) in [5.41, 5.74) is 1.40. The molecule has 0 radical (unpaired) electrons. The number of Topliss-reactive ketones (excluding diaryl/α,β-unsaturated/α-hetero) is 1. The van der Waals surface area contributed by atoms with Crippen LogP contribution >= 0.6 is 0 Å². The number of carbonyl (C=O) groups excluding carboxylic acids is 2. The van der Waals surface area contributed by atoms with E-state index in [1.54, 1.807) is 6.20 Å². The fourth-order valence-corrected chi connectivity index (χ4v) is 5.26. The number of ether oxygens (including phenoxy) is 1. The SMILES string of the molecule is O=C(OC1CC2CC3CC(C1)N2C(C(=O)O)C3=O)c1c[nH]c2ccccc12. The molecule has 0 saturated carbocycles. The Labute approximate surface area is 155 Å². The number of para-hydroxylation sites is 1. The Morgan fingerprint density at radius 3 is 2.52 bits per heavy atom. The first kappa shape index (κ1) is 16.5. The summed E-state index contributed by atoms with van der Waals surface area (Å²) in [7, 11) is 0. The number of aromatic nitrogens is 1. The fourth-order valence-electron chi connectivity index (χ4n) is 5.26. The number of benzene rings is 1. The summed E-state index contributed by atoms with van der Waals surface area (Å²) >= 11 is 0. The van der Waals surface area contributed by atoms with Gasteiger partial charge in [-0.1, -0.05) is 18.2 Å². The van der Waals surface area contributed by atoms with Crippen LogP contribution < -0.4 is 0 Å². The molecule has 0 spiro atoms. The molecule has 27 heavy (non-hydrogen) atoms. The number of piperidine rings is 4. The largest absolute Gasteiger partial charge is 0.480 e. The number of aromatic amines is 1.